The van der Waals surface area contributed by atoms with Gasteiger partial charge in [-0.1, -0.05) is 11.6 Å². The van der Waals surface area contributed by atoms with E-state index in [0.29, 0.717) is 0 Å². The number of sulfone groups is 1. The molecule has 0 aliphatic rings. The standard InChI is InChI=1S/C22H17ClF3N3O6S/c1-21(33,22(24,25)26)20(32)29-17-9-8-14(11-16(17)23)36(34,35)13-6-4-12(5-7-13)28-19(31)15-3-2-10-27-18(15)30/h2-11,33H,1H3,(H,27,30)(H,28,31)(H,29,32)/t21-/m1/s1. The number of nitrogens with one attached hydrogen (secondary N) is 3. The Bertz CT molecular complexity index is 1490. The Morgan fingerprint density at radius 3 is 2.17 bits per heavy atom. The predicted molar refractivity (Wildman–Crippen MR) is 124 cm³/mol. The first-order valence-corrected chi connectivity index (χ1v) is 11.7. The van der Waals surface area contributed by atoms with Crippen LogP contribution in [0.5, 0.6) is 0 Å². The molecule has 2 amide bonds. The summed E-state index contributed by atoms with van der Waals surface area (Å²) in [6.07, 6.45) is -3.90. The highest BCUT2D eigenvalue weighted by Gasteiger charge is 2.55. The second-order valence-corrected chi connectivity index (χ2v) is 9.92. The Hall–Kier alpha value is -3.68. The Morgan fingerprint density at radius 1 is 1.00 bits per heavy atom. The molecule has 0 radical (unpaired) electrons. The van der Waals surface area contributed by atoms with Gasteiger partial charge in [-0.25, -0.2) is 8.42 Å². The van der Waals surface area contributed by atoms with Crippen molar-refractivity contribution in [2.45, 2.75) is 28.5 Å². The summed E-state index contributed by atoms with van der Waals surface area (Å²) >= 11 is 5.97. The Labute approximate surface area is 206 Å². The molecule has 0 saturated carbocycles. The molecule has 190 valence electrons. The van der Waals surface area contributed by atoms with Gasteiger partial charge in [0.25, 0.3) is 17.4 Å². The molecule has 1 heterocycles. The number of aliphatic hydroxyl groups is 1. The van der Waals surface area contributed by atoms with Crippen molar-refractivity contribution in [3.8, 4) is 0 Å². The van der Waals surface area contributed by atoms with Crippen LogP contribution in [0.1, 0.15) is 17.3 Å². The zero-order valence-corrected chi connectivity index (χ0v) is 19.8. The van der Waals surface area contributed by atoms with Crippen molar-refractivity contribution in [1.82, 2.24) is 4.98 Å². The fraction of sp³-hybridized carbons (Fsp3) is 0.136. The van der Waals surface area contributed by atoms with E-state index in [9.17, 15) is 41.1 Å². The zero-order chi connectivity index (χ0) is 26.9. The number of H-pyrrole nitrogens is 1. The lowest BCUT2D eigenvalue weighted by Gasteiger charge is -2.25. The molecule has 3 rings (SSSR count). The molecule has 1 aromatic heterocycles. The molecule has 4 N–H and O–H groups in total. The SMILES string of the molecule is C[C@@](O)(C(=O)Nc1ccc(S(=O)(=O)c2ccc(NC(=O)c3ccc[nH]c3=O)cc2)cc1Cl)C(F)(F)F. The van der Waals surface area contributed by atoms with E-state index in [1.54, 1.807) is 0 Å². The predicted octanol–water partition coefficient (Wildman–Crippen LogP) is 3.37. The summed E-state index contributed by atoms with van der Waals surface area (Å²) in [5, 5.41) is 13.3. The average Bonchev–Trinajstić information content (AvgIpc) is 2.80. The number of pyridine rings is 1. The van der Waals surface area contributed by atoms with Crippen LogP contribution in [-0.2, 0) is 14.6 Å². The molecule has 0 fully saturated rings. The first-order valence-electron chi connectivity index (χ1n) is 9.89. The lowest BCUT2D eigenvalue weighted by atomic mass is 10.1. The molecule has 0 bridgehead atoms. The summed E-state index contributed by atoms with van der Waals surface area (Å²) in [7, 11) is -4.16. The first-order chi connectivity index (χ1) is 16.6. The number of amides is 2. The third-order valence-corrected chi connectivity index (χ3v) is 7.06. The van der Waals surface area contributed by atoms with E-state index in [1.165, 1.54) is 42.6 Å². The molecule has 14 heteroatoms. The van der Waals surface area contributed by atoms with Gasteiger partial charge in [-0.15, -0.1) is 0 Å². The molecule has 0 aliphatic heterocycles. The topological polar surface area (TPSA) is 145 Å². The number of anilines is 2. The highest BCUT2D eigenvalue weighted by molar-refractivity contribution is 7.91. The molecule has 2 aromatic carbocycles. The van der Waals surface area contributed by atoms with E-state index in [0.717, 1.165) is 18.2 Å². The zero-order valence-electron chi connectivity index (χ0n) is 18.2. The maximum Gasteiger partial charge on any atom is 0.426 e. The molecule has 0 spiro atoms. The smallest absolute Gasteiger partial charge is 0.373 e. The van der Waals surface area contributed by atoms with E-state index in [-0.39, 0.29) is 38.7 Å². The summed E-state index contributed by atoms with van der Waals surface area (Å²) in [6.45, 7) is 0.263. The van der Waals surface area contributed by atoms with Gasteiger partial charge in [-0.05, 0) is 61.5 Å². The minimum absolute atomic E-state index is 0.146. The quantitative estimate of drug-likeness (QED) is 0.375. The second-order valence-electron chi connectivity index (χ2n) is 7.56. The monoisotopic (exact) mass is 543 g/mol. The van der Waals surface area contributed by atoms with Gasteiger partial charge in [-0.2, -0.15) is 13.2 Å². The number of aromatic nitrogens is 1. The van der Waals surface area contributed by atoms with Gasteiger partial charge in [0.1, 0.15) is 5.56 Å². The second kappa shape index (κ2) is 9.76. The van der Waals surface area contributed by atoms with Gasteiger partial charge in [0, 0.05) is 11.9 Å². The van der Waals surface area contributed by atoms with Gasteiger partial charge in [0.2, 0.25) is 15.4 Å². The number of hydrogen-bond donors (Lipinski definition) is 4. The van der Waals surface area contributed by atoms with Crippen LogP contribution in [0, 0.1) is 0 Å². The molecular weight excluding hydrogens is 527 g/mol. The summed E-state index contributed by atoms with van der Waals surface area (Å²) in [5.41, 5.74) is -4.60. The average molecular weight is 544 g/mol. The van der Waals surface area contributed by atoms with Crippen molar-refractivity contribution in [1.29, 1.82) is 0 Å². The van der Waals surface area contributed by atoms with Crippen molar-refractivity contribution in [2.24, 2.45) is 0 Å². The number of carbonyl (C=O) groups is 2. The maximum atomic E-state index is 12.9. The summed E-state index contributed by atoms with van der Waals surface area (Å²) < 4.78 is 64.4. The van der Waals surface area contributed by atoms with Crippen LogP contribution in [0.25, 0.3) is 0 Å². The largest absolute Gasteiger partial charge is 0.426 e. The number of benzene rings is 2. The van der Waals surface area contributed by atoms with E-state index >= 15 is 0 Å². The van der Waals surface area contributed by atoms with E-state index < -0.39 is 39.0 Å². The fourth-order valence-electron chi connectivity index (χ4n) is 2.79. The van der Waals surface area contributed by atoms with Crippen molar-refractivity contribution in [3.05, 3.63) is 81.7 Å². The Kier molecular flexibility index (Phi) is 7.30. The molecular formula is C22H17ClF3N3O6S. The van der Waals surface area contributed by atoms with Crippen LogP contribution in [-0.4, -0.2) is 42.1 Å². The molecule has 0 aliphatic carbocycles. The normalized spacial score (nSPS) is 13.5. The van der Waals surface area contributed by atoms with Gasteiger partial charge in [0.15, 0.2) is 0 Å². The highest BCUT2D eigenvalue weighted by atomic mass is 35.5. The van der Waals surface area contributed by atoms with Gasteiger partial charge in [-0.3, -0.25) is 14.4 Å². The third kappa shape index (κ3) is 5.42. The number of halogens is 4. The van der Waals surface area contributed by atoms with Crippen LogP contribution >= 0.6 is 11.6 Å². The first kappa shape index (κ1) is 26.9. The number of alkyl halides is 3. The summed E-state index contributed by atoms with van der Waals surface area (Å²) in [4.78, 5) is 37.6. The molecule has 0 saturated heterocycles. The highest BCUT2D eigenvalue weighted by Crippen LogP contribution is 2.33. The van der Waals surface area contributed by atoms with Crippen LogP contribution < -0.4 is 16.2 Å². The Balaban J connectivity index is 1.79. The maximum absolute atomic E-state index is 12.9. The minimum atomic E-state index is -5.25. The summed E-state index contributed by atoms with van der Waals surface area (Å²) in [5.74, 6) is -2.51. The molecule has 36 heavy (non-hydrogen) atoms. The fourth-order valence-corrected chi connectivity index (χ4v) is 4.37. The molecule has 0 unspecified atom stereocenters. The van der Waals surface area contributed by atoms with Crippen LogP contribution in [0.3, 0.4) is 0 Å². The van der Waals surface area contributed by atoms with E-state index in [2.05, 4.69) is 10.3 Å². The van der Waals surface area contributed by atoms with Gasteiger partial charge < -0.3 is 20.7 Å². The third-order valence-electron chi connectivity index (χ3n) is 4.98. The molecule has 9 nitrogen and oxygen atoms in total. The number of rotatable bonds is 6. The van der Waals surface area contributed by atoms with Gasteiger partial charge in [0.05, 0.1) is 20.5 Å². The van der Waals surface area contributed by atoms with Crippen molar-refractivity contribution in [3.63, 3.8) is 0 Å². The van der Waals surface area contributed by atoms with Crippen molar-refractivity contribution < 1.29 is 36.3 Å². The Morgan fingerprint density at radius 2 is 1.61 bits per heavy atom. The number of hydrogen-bond acceptors (Lipinski definition) is 6. The van der Waals surface area contributed by atoms with E-state index in [1.807, 2.05) is 5.32 Å². The molecule has 1 atom stereocenters. The van der Waals surface area contributed by atoms with E-state index in [4.69, 9.17) is 11.6 Å². The molecule has 3 aromatic rings. The van der Waals surface area contributed by atoms with Crippen LogP contribution in [0.15, 0.2) is 75.4 Å². The minimum Gasteiger partial charge on any atom is -0.373 e. The lowest BCUT2D eigenvalue weighted by Crippen LogP contribution is -2.52. The van der Waals surface area contributed by atoms with Gasteiger partial charge >= 0.3 is 6.18 Å². The number of aromatic amines is 1. The lowest BCUT2D eigenvalue weighted by molar-refractivity contribution is -0.242. The number of carbonyl (C=O) groups excluding carboxylic acids is 2. The van der Waals surface area contributed by atoms with Crippen LogP contribution in [0.2, 0.25) is 5.02 Å². The van der Waals surface area contributed by atoms with Crippen molar-refractivity contribution >= 4 is 44.6 Å². The summed E-state index contributed by atoms with van der Waals surface area (Å²) in [6, 6.07) is 10.6. The van der Waals surface area contributed by atoms with Crippen molar-refractivity contribution in [2.75, 3.05) is 10.6 Å². The van der Waals surface area contributed by atoms with Crippen LogP contribution in [0.4, 0.5) is 24.5 Å².